The molecule has 1 heterocycles. The number of nitrogens with one attached hydrogen (secondary N) is 1. The van der Waals surface area contributed by atoms with E-state index < -0.39 is 0 Å². The lowest BCUT2D eigenvalue weighted by molar-refractivity contribution is 0.293. The molecule has 0 spiro atoms. The Balaban J connectivity index is 2.69. The molecule has 0 atom stereocenters. The molecule has 0 saturated heterocycles. The number of unbranched alkanes of at least 4 members (excludes halogenated alkanes) is 2. The van der Waals surface area contributed by atoms with Gasteiger partial charge >= 0.3 is 0 Å². The van der Waals surface area contributed by atoms with Crippen molar-refractivity contribution in [1.29, 1.82) is 0 Å². The molecule has 1 N–H and O–H groups in total. The maximum atomic E-state index is 5.73. The van der Waals surface area contributed by atoms with E-state index in [1.54, 1.807) is 0 Å². The number of nitrogens with zero attached hydrogens (tertiary/aromatic N) is 2. The third-order valence-electron chi connectivity index (χ3n) is 2.79. The van der Waals surface area contributed by atoms with Gasteiger partial charge in [0.05, 0.1) is 6.61 Å². The molecule has 0 saturated carbocycles. The first-order valence-electron chi connectivity index (χ1n) is 7.43. The van der Waals surface area contributed by atoms with Crippen molar-refractivity contribution in [3.8, 4) is 5.88 Å². The minimum atomic E-state index is 0.307. The van der Waals surface area contributed by atoms with Gasteiger partial charge in [-0.3, -0.25) is 0 Å². The van der Waals surface area contributed by atoms with Crippen LogP contribution in [0.4, 0.5) is 5.82 Å². The average molecular weight is 265 g/mol. The molecule has 0 aliphatic rings. The van der Waals surface area contributed by atoms with E-state index in [0.717, 1.165) is 37.6 Å². The average Bonchev–Trinajstić information content (AvgIpc) is 2.41. The van der Waals surface area contributed by atoms with E-state index in [9.17, 15) is 0 Å². The molecule has 0 fully saturated rings. The molecule has 0 radical (unpaired) electrons. The SMILES string of the molecule is CCCCCOc1cc(NCCC)nc(C(C)C)n1. The van der Waals surface area contributed by atoms with E-state index in [-0.39, 0.29) is 0 Å². The van der Waals surface area contributed by atoms with E-state index in [4.69, 9.17) is 4.74 Å². The Kier molecular flexibility index (Phi) is 7.23. The molecule has 19 heavy (non-hydrogen) atoms. The Hall–Kier alpha value is -1.32. The number of hydrogen-bond acceptors (Lipinski definition) is 4. The van der Waals surface area contributed by atoms with Crippen molar-refractivity contribution in [3.05, 3.63) is 11.9 Å². The third kappa shape index (κ3) is 5.90. The lowest BCUT2D eigenvalue weighted by atomic mass is 10.2. The van der Waals surface area contributed by atoms with Gasteiger partial charge in [0.2, 0.25) is 5.88 Å². The van der Waals surface area contributed by atoms with Crippen LogP contribution in [-0.4, -0.2) is 23.1 Å². The largest absolute Gasteiger partial charge is 0.478 e. The van der Waals surface area contributed by atoms with Crippen LogP contribution in [0.15, 0.2) is 6.07 Å². The first-order chi connectivity index (χ1) is 9.17. The molecular formula is C15H27N3O. The summed E-state index contributed by atoms with van der Waals surface area (Å²) in [5.74, 6) is 2.70. The fourth-order valence-electron chi connectivity index (χ4n) is 1.65. The number of hydrogen-bond donors (Lipinski definition) is 1. The second kappa shape index (κ2) is 8.73. The van der Waals surface area contributed by atoms with Crippen LogP contribution in [0.5, 0.6) is 5.88 Å². The summed E-state index contributed by atoms with van der Waals surface area (Å²) >= 11 is 0. The molecule has 0 aromatic carbocycles. The van der Waals surface area contributed by atoms with Gasteiger partial charge in [-0.2, -0.15) is 4.98 Å². The smallest absolute Gasteiger partial charge is 0.218 e. The molecule has 4 heteroatoms. The maximum Gasteiger partial charge on any atom is 0.218 e. The Morgan fingerprint density at radius 1 is 1.16 bits per heavy atom. The van der Waals surface area contributed by atoms with Crippen LogP contribution in [0.2, 0.25) is 0 Å². The minimum absolute atomic E-state index is 0.307. The molecule has 0 aliphatic heterocycles. The van der Waals surface area contributed by atoms with Gasteiger partial charge in [-0.25, -0.2) is 4.98 Å². The minimum Gasteiger partial charge on any atom is -0.478 e. The molecule has 0 unspecified atom stereocenters. The highest BCUT2D eigenvalue weighted by Gasteiger charge is 2.08. The zero-order valence-corrected chi connectivity index (χ0v) is 12.7. The highest BCUT2D eigenvalue weighted by molar-refractivity contribution is 5.38. The van der Waals surface area contributed by atoms with Gasteiger partial charge in [0.25, 0.3) is 0 Å². The summed E-state index contributed by atoms with van der Waals surface area (Å²) in [7, 11) is 0. The maximum absolute atomic E-state index is 5.73. The molecule has 1 aromatic rings. The van der Waals surface area contributed by atoms with Crippen LogP contribution in [0, 0.1) is 0 Å². The zero-order valence-electron chi connectivity index (χ0n) is 12.7. The van der Waals surface area contributed by atoms with Crippen LogP contribution in [0.25, 0.3) is 0 Å². The second-order valence-corrected chi connectivity index (χ2v) is 5.09. The van der Waals surface area contributed by atoms with Gasteiger partial charge < -0.3 is 10.1 Å². The molecule has 0 aliphatic carbocycles. The van der Waals surface area contributed by atoms with Gasteiger partial charge in [0.1, 0.15) is 11.6 Å². The molecule has 1 aromatic heterocycles. The van der Waals surface area contributed by atoms with Crippen LogP contribution in [0.1, 0.15) is 65.1 Å². The Morgan fingerprint density at radius 3 is 2.58 bits per heavy atom. The van der Waals surface area contributed by atoms with Crippen molar-refractivity contribution in [1.82, 2.24) is 9.97 Å². The summed E-state index contributed by atoms with van der Waals surface area (Å²) in [4.78, 5) is 8.98. The van der Waals surface area contributed by atoms with E-state index in [1.165, 1.54) is 12.8 Å². The molecule has 1 rings (SSSR count). The van der Waals surface area contributed by atoms with E-state index in [2.05, 4.69) is 43.0 Å². The van der Waals surface area contributed by atoms with E-state index >= 15 is 0 Å². The van der Waals surface area contributed by atoms with E-state index in [1.807, 2.05) is 6.07 Å². The van der Waals surface area contributed by atoms with Gasteiger partial charge in [0, 0.05) is 18.5 Å². The highest BCUT2D eigenvalue weighted by atomic mass is 16.5. The molecule has 0 bridgehead atoms. The summed E-state index contributed by atoms with van der Waals surface area (Å²) in [6.45, 7) is 10.2. The lowest BCUT2D eigenvalue weighted by Gasteiger charge is -2.12. The van der Waals surface area contributed by atoms with Gasteiger partial charge in [-0.15, -0.1) is 0 Å². The molecule has 4 nitrogen and oxygen atoms in total. The Bertz CT molecular complexity index is 366. The van der Waals surface area contributed by atoms with E-state index in [0.29, 0.717) is 11.8 Å². The second-order valence-electron chi connectivity index (χ2n) is 5.09. The molecular weight excluding hydrogens is 238 g/mol. The topological polar surface area (TPSA) is 47.0 Å². The third-order valence-corrected chi connectivity index (χ3v) is 2.79. The Morgan fingerprint density at radius 2 is 1.95 bits per heavy atom. The first-order valence-corrected chi connectivity index (χ1v) is 7.43. The van der Waals surface area contributed by atoms with Crippen molar-refractivity contribution < 1.29 is 4.74 Å². The summed E-state index contributed by atoms with van der Waals surface area (Å²) in [6.07, 6.45) is 4.56. The Labute approximate surface area is 117 Å². The molecule has 108 valence electrons. The summed E-state index contributed by atoms with van der Waals surface area (Å²) < 4.78 is 5.73. The number of aromatic nitrogens is 2. The summed E-state index contributed by atoms with van der Waals surface area (Å²) in [5.41, 5.74) is 0. The van der Waals surface area contributed by atoms with Gasteiger partial charge in [-0.1, -0.05) is 40.5 Å². The van der Waals surface area contributed by atoms with Crippen LogP contribution in [0.3, 0.4) is 0 Å². The lowest BCUT2D eigenvalue weighted by Crippen LogP contribution is -2.08. The summed E-state index contributed by atoms with van der Waals surface area (Å²) in [6, 6.07) is 1.90. The first kappa shape index (κ1) is 15.7. The standard InChI is InChI=1S/C15H27N3O/c1-5-7-8-10-19-14-11-13(16-9-6-2)17-15(18-14)12(3)4/h11-12H,5-10H2,1-4H3,(H,16,17,18). The van der Waals surface area contributed by atoms with Crippen molar-refractivity contribution >= 4 is 5.82 Å². The van der Waals surface area contributed by atoms with Crippen molar-refractivity contribution in [3.63, 3.8) is 0 Å². The van der Waals surface area contributed by atoms with Crippen LogP contribution < -0.4 is 10.1 Å². The number of rotatable bonds is 9. The number of anilines is 1. The van der Waals surface area contributed by atoms with Crippen molar-refractivity contribution in [2.45, 2.75) is 59.3 Å². The molecule has 0 amide bonds. The highest BCUT2D eigenvalue weighted by Crippen LogP contribution is 2.18. The fourth-order valence-corrected chi connectivity index (χ4v) is 1.65. The summed E-state index contributed by atoms with van der Waals surface area (Å²) in [5, 5.41) is 3.30. The van der Waals surface area contributed by atoms with Crippen LogP contribution >= 0.6 is 0 Å². The van der Waals surface area contributed by atoms with Gasteiger partial charge in [-0.05, 0) is 12.8 Å². The zero-order chi connectivity index (χ0) is 14.1. The van der Waals surface area contributed by atoms with Crippen molar-refractivity contribution in [2.24, 2.45) is 0 Å². The fraction of sp³-hybridized carbons (Fsp3) is 0.733. The predicted octanol–water partition coefficient (Wildman–Crippen LogP) is 3.99. The quantitative estimate of drug-likeness (QED) is 0.686. The number of ether oxygens (including phenoxy) is 1. The predicted molar refractivity (Wildman–Crippen MR) is 79.9 cm³/mol. The normalized spacial score (nSPS) is 10.8. The monoisotopic (exact) mass is 265 g/mol. The van der Waals surface area contributed by atoms with Crippen molar-refractivity contribution in [2.75, 3.05) is 18.5 Å². The van der Waals surface area contributed by atoms with Gasteiger partial charge in [0.15, 0.2) is 0 Å². The van der Waals surface area contributed by atoms with Crippen LogP contribution in [-0.2, 0) is 0 Å².